The van der Waals surface area contributed by atoms with E-state index < -0.39 is 0 Å². The van der Waals surface area contributed by atoms with Crippen molar-refractivity contribution in [1.29, 1.82) is 0 Å². The SMILES string of the molecule is CON(C)C(=O)CC1CCCN1C. The summed E-state index contributed by atoms with van der Waals surface area (Å²) in [4.78, 5) is 18.5. The van der Waals surface area contributed by atoms with Gasteiger partial charge in [-0.3, -0.25) is 9.63 Å². The number of nitrogens with zero attached hydrogens (tertiary/aromatic N) is 2. The Morgan fingerprint density at radius 1 is 1.69 bits per heavy atom. The third kappa shape index (κ3) is 2.67. The van der Waals surface area contributed by atoms with Crippen LogP contribution in [0.4, 0.5) is 0 Å². The van der Waals surface area contributed by atoms with Gasteiger partial charge >= 0.3 is 0 Å². The fourth-order valence-electron chi connectivity index (χ4n) is 1.67. The lowest BCUT2D eigenvalue weighted by atomic mass is 10.1. The molecule has 0 saturated carbocycles. The molecule has 13 heavy (non-hydrogen) atoms. The molecule has 1 atom stereocenters. The van der Waals surface area contributed by atoms with Gasteiger partial charge in [-0.05, 0) is 26.4 Å². The second kappa shape index (κ2) is 4.58. The Kier molecular flexibility index (Phi) is 3.69. The van der Waals surface area contributed by atoms with Gasteiger partial charge < -0.3 is 4.90 Å². The Bertz CT molecular complexity index is 184. The van der Waals surface area contributed by atoms with Gasteiger partial charge in [0.25, 0.3) is 0 Å². The molecular weight excluding hydrogens is 168 g/mol. The molecule has 1 aliphatic heterocycles. The standard InChI is InChI=1S/C9H18N2O2/c1-10-6-4-5-8(10)7-9(12)11(2)13-3/h8H,4-7H2,1-3H3. The molecule has 76 valence electrons. The van der Waals surface area contributed by atoms with Crippen molar-refractivity contribution in [3.8, 4) is 0 Å². The van der Waals surface area contributed by atoms with Gasteiger partial charge in [-0.25, -0.2) is 5.06 Å². The predicted octanol–water partition coefficient (Wildman–Crippen LogP) is 0.490. The second-order valence-corrected chi connectivity index (χ2v) is 3.55. The van der Waals surface area contributed by atoms with Crippen LogP contribution in [0.25, 0.3) is 0 Å². The van der Waals surface area contributed by atoms with Crippen molar-refractivity contribution < 1.29 is 9.63 Å². The highest BCUT2D eigenvalue weighted by atomic mass is 16.7. The first-order chi connectivity index (χ1) is 6.15. The molecule has 0 radical (unpaired) electrons. The molecule has 1 saturated heterocycles. The quantitative estimate of drug-likeness (QED) is 0.601. The summed E-state index contributed by atoms with van der Waals surface area (Å²) in [6.45, 7) is 1.11. The fourth-order valence-corrected chi connectivity index (χ4v) is 1.67. The Hall–Kier alpha value is -0.610. The molecule has 0 N–H and O–H groups in total. The maximum atomic E-state index is 11.4. The van der Waals surface area contributed by atoms with E-state index in [4.69, 9.17) is 4.84 Å². The maximum Gasteiger partial charge on any atom is 0.247 e. The number of amides is 1. The van der Waals surface area contributed by atoms with Crippen LogP contribution in [0.15, 0.2) is 0 Å². The highest BCUT2D eigenvalue weighted by Gasteiger charge is 2.24. The molecule has 1 fully saturated rings. The summed E-state index contributed by atoms with van der Waals surface area (Å²) < 4.78 is 0. The molecule has 1 amide bonds. The van der Waals surface area contributed by atoms with E-state index in [1.807, 2.05) is 0 Å². The summed E-state index contributed by atoms with van der Waals surface area (Å²) in [7, 11) is 5.23. The molecule has 0 aliphatic carbocycles. The minimum absolute atomic E-state index is 0.0567. The molecule has 1 heterocycles. The van der Waals surface area contributed by atoms with Crippen LogP contribution in [-0.4, -0.2) is 49.7 Å². The average molecular weight is 186 g/mol. The molecule has 0 aromatic heterocycles. The van der Waals surface area contributed by atoms with E-state index >= 15 is 0 Å². The smallest absolute Gasteiger partial charge is 0.247 e. The summed E-state index contributed by atoms with van der Waals surface area (Å²) in [6, 6.07) is 0.407. The van der Waals surface area contributed by atoms with Crippen molar-refractivity contribution >= 4 is 5.91 Å². The van der Waals surface area contributed by atoms with Crippen LogP contribution in [0.2, 0.25) is 0 Å². The fraction of sp³-hybridized carbons (Fsp3) is 0.889. The molecule has 0 spiro atoms. The predicted molar refractivity (Wildman–Crippen MR) is 50.0 cm³/mol. The van der Waals surface area contributed by atoms with E-state index in [2.05, 4.69) is 11.9 Å². The first kappa shape index (κ1) is 10.5. The molecule has 1 unspecified atom stereocenters. The van der Waals surface area contributed by atoms with E-state index in [9.17, 15) is 4.79 Å². The lowest BCUT2D eigenvalue weighted by Crippen LogP contribution is -2.33. The molecule has 0 aromatic carbocycles. The highest BCUT2D eigenvalue weighted by molar-refractivity contribution is 5.75. The van der Waals surface area contributed by atoms with Crippen molar-refractivity contribution in [2.45, 2.75) is 25.3 Å². The minimum atomic E-state index is 0.0567. The maximum absolute atomic E-state index is 11.4. The van der Waals surface area contributed by atoms with Gasteiger partial charge in [-0.2, -0.15) is 0 Å². The normalized spacial score (nSPS) is 23.5. The second-order valence-electron chi connectivity index (χ2n) is 3.55. The number of hydrogen-bond acceptors (Lipinski definition) is 3. The lowest BCUT2D eigenvalue weighted by molar-refractivity contribution is -0.169. The van der Waals surface area contributed by atoms with Crippen molar-refractivity contribution in [3.05, 3.63) is 0 Å². The number of hydroxylamine groups is 2. The Morgan fingerprint density at radius 3 is 2.85 bits per heavy atom. The van der Waals surface area contributed by atoms with Gasteiger partial charge in [-0.1, -0.05) is 0 Å². The van der Waals surface area contributed by atoms with Gasteiger partial charge in [0, 0.05) is 19.5 Å². The van der Waals surface area contributed by atoms with E-state index in [0.717, 1.165) is 13.0 Å². The van der Waals surface area contributed by atoms with Gasteiger partial charge in [0.05, 0.1) is 7.11 Å². The molecule has 4 nitrogen and oxygen atoms in total. The van der Waals surface area contributed by atoms with Crippen molar-refractivity contribution in [3.63, 3.8) is 0 Å². The Morgan fingerprint density at radius 2 is 2.38 bits per heavy atom. The number of carbonyl (C=O) groups excluding carboxylic acids is 1. The topological polar surface area (TPSA) is 32.8 Å². The zero-order valence-corrected chi connectivity index (χ0v) is 8.62. The van der Waals surface area contributed by atoms with Crippen LogP contribution in [0, 0.1) is 0 Å². The third-order valence-corrected chi connectivity index (χ3v) is 2.71. The van der Waals surface area contributed by atoms with Crippen LogP contribution in [0.5, 0.6) is 0 Å². The van der Waals surface area contributed by atoms with Crippen LogP contribution < -0.4 is 0 Å². The first-order valence-electron chi connectivity index (χ1n) is 4.66. The number of likely N-dealkylation sites (tertiary alicyclic amines) is 1. The van der Waals surface area contributed by atoms with Gasteiger partial charge in [0.1, 0.15) is 0 Å². The molecule has 0 bridgehead atoms. The monoisotopic (exact) mass is 186 g/mol. The van der Waals surface area contributed by atoms with E-state index in [0.29, 0.717) is 12.5 Å². The molecular formula is C9H18N2O2. The molecule has 4 heteroatoms. The van der Waals surface area contributed by atoms with E-state index in [1.165, 1.54) is 18.6 Å². The minimum Gasteiger partial charge on any atom is -0.303 e. The van der Waals surface area contributed by atoms with Crippen LogP contribution in [0.1, 0.15) is 19.3 Å². The number of rotatable bonds is 3. The van der Waals surface area contributed by atoms with Gasteiger partial charge in [-0.15, -0.1) is 0 Å². The number of hydrogen-bond donors (Lipinski definition) is 0. The summed E-state index contributed by atoms with van der Waals surface area (Å²) in [5.41, 5.74) is 0. The molecule has 0 aromatic rings. The summed E-state index contributed by atoms with van der Waals surface area (Å²) in [5.74, 6) is 0.0567. The summed E-state index contributed by atoms with van der Waals surface area (Å²) in [5, 5.41) is 1.30. The van der Waals surface area contributed by atoms with Crippen LogP contribution in [-0.2, 0) is 9.63 Å². The summed E-state index contributed by atoms with van der Waals surface area (Å²) in [6.07, 6.45) is 2.89. The van der Waals surface area contributed by atoms with Crippen molar-refractivity contribution in [1.82, 2.24) is 9.96 Å². The zero-order valence-electron chi connectivity index (χ0n) is 8.62. The lowest BCUT2D eigenvalue weighted by Gasteiger charge is -2.21. The largest absolute Gasteiger partial charge is 0.303 e. The Labute approximate surface area is 79.4 Å². The zero-order chi connectivity index (χ0) is 9.84. The van der Waals surface area contributed by atoms with Gasteiger partial charge in [0.2, 0.25) is 5.91 Å². The highest BCUT2D eigenvalue weighted by Crippen LogP contribution is 2.18. The number of carbonyl (C=O) groups is 1. The molecule has 1 aliphatic rings. The van der Waals surface area contributed by atoms with Crippen LogP contribution >= 0.6 is 0 Å². The van der Waals surface area contributed by atoms with Gasteiger partial charge in [0.15, 0.2) is 0 Å². The first-order valence-corrected chi connectivity index (χ1v) is 4.66. The van der Waals surface area contributed by atoms with E-state index in [1.54, 1.807) is 7.05 Å². The Balaban J connectivity index is 2.35. The third-order valence-electron chi connectivity index (χ3n) is 2.71. The average Bonchev–Trinajstić information content (AvgIpc) is 2.50. The van der Waals surface area contributed by atoms with Crippen molar-refractivity contribution in [2.75, 3.05) is 27.7 Å². The molecule has 1 rings (SSSR count). The van der Waals surface area contributed by atoms with Crippen molar-refractivity contribution in [2.24, 2.45) is 0 Å². The van der Waals surface area contributed by atoms with Crippen LogP contribution in [0.3, 0.4) is 0 Å². The summed E-state index contributed by atoms with van der Waals surface area (Å²) >= 11 is 0. The van der Waals surface area contributed by atoms with E-state index in [-0.39, 0.29) is 5.91 Å².